The molecule has 0 aliphatic heterocycles. The second-order valence-corrected chi connectivity index (χ2v) is 15.3. The lowest BCUT2D eigenvalue weighted by Gasteiger charge is -2.32. The predicted octanol–water partition coefficient (Wildman–Crippen LogP) is 6.49. The van der Waals surface area contributed by atoms with Gasteiger partial charge >= 0.3 is 6.09 Å². The van der Waals surface area contributed by atoms with Crippen molar-refractivity contribution in [1.82, 2.24) is 16.0 Å². The summed E-state index contributed by atoms with van der Waals surface area (Å²) in [5.74, 6) is -1.60. The summed E-state index contributed by atoms with van der Waals surface area (Å²) < 4.78 is 5.75. The Morgan fingerprint density at radius 1 is 0.741 bits per heavy atom. The molecule has 0 radical (unpaired) electrons. The fourth-order valence-corrected chi connectivity index (χ4v) is 6.49. The van der Waals surface area contributed by atoms with Crippen LogP contribution in [0.4, 0.5) is 10.5 Å². The molecule has 0 aromatic heterocycles. The molecule has 0 aliphatic carbocycles. The quantitative estimate of drug-likeness (QED) is 0.0835. The van der Waals surface area contributed by atoms with E-state index in [-0.39, 0.29) is 37.2 Å². The first-order chi connectivity index (χ1) is 25.7. The highest BCUT2D eigenvalue weighted by atomic mass is 16.6. The van der Waals surface area contributed by atoms with E-state index in [0.29, 0.717) is 31.5 Å². The molecule has 11 heteroatoms. The highest BCUT2D eigenvalue weighted by Crippen LogP contribution is 2.29. The first-order valence-corrected chi connectivity index (χ1v) is 19.4. The van der Waals surface area contributed by atoms with Crippen LogP contribution in [0.15, 0.2) is 72.8 Å². The number of anilines is 1. The lowest BCUT2D eigenvalue weighted by atomic mass is 9.88. The molecule has 0 bridgehead atoms. The van der Waals surface area contributed by atoms with E-state index < -0.39 is 54.2 Å². The minimum atomic E-state index is -1.09. The highest BCUT2D eigenvalue weighted by Gasteiger charge is 2.35. The number of benzene rings is 3. The Bertz CT molecular complexity index is 1630. The van der Waals surface area contributed by atoms with Crippen LogP contribution < -0.4 is 20.9 Å². The Kier molecular flexibility index (Phi) is 17.9. The number of aliphatic hydroxyl groups is 2. The van der Waals surface area contributed by atoms with E-state index in [4.69, 9.17) is 4.74 Å². The molecule has 4 amide bonds. The number of aliphatic hydroxyl groups excluding tert-OH is 2. The Hall–Kier alpha value is -4.48. The summed E-state index contributed by atoms with van der Waals surface area (Å²) in [5.41, 5.74) is 1.29. The smallest absolute Gasteiger partial charge is 0.415 e. The van der Waals surface area contributed by atoms with Crippen LogP contribution in [0.1, 0.15) is 92.6 Å². The molecule has 5 N–H and O–H groups in total. The number of hydrogen-bond donors (Lipinski definition) is 5. The van der Waals surface area contributed by atoms with Gasteiger partial charge in [-0.3, -0.25) is 19.3 Å². The second-order valence-electron chi connectivity index (χ2n) is 15.3. The largest absolute Gasteiger partial charge is 0.444 e. The molecule has 296 valence electrons. The molecule has 0 saturated carbocycles. The van der Waals surface area contributed by atoms with Crippen molar-refractivity contribution in [3.63, 3.8) is 0 Å². The summed E-state index contributed by atoms with van der Waals surface area (Å²) in [6, 6.07) is 19.6. The third-order valence-electron chi connectivity index (χ3n) is 9.40. The second kappa shape index (κ2) is 22.0. The molecule has 3 aromatic carbocycles. The van der Waals surface area contributed by atoms with Crippen molar-refractivity contribution in [2.75, 3.05) is 11.4 Å². The maximum absolute atomic E-state index is 14.1. The number of carbonyl (C=O) groups is 4. The molecule has 0 aliphatic rings. The topological polar surface area (TPSA) is 157 Å². The number of ether oxygens (including phenoxy) is 1. The lowest BCUT2D eigenvalue weighted by Crippen LogP contribution is -2.56. The normalized spacial score (nSPS) is 14.8. The summed E-state index contributed by atoms with van der Waals surface area (Å²) in [6.07, 6.45) is -0.182. The summed E-state index contributed by atoms with van der Waals surface area (Å²) in [6.45, 7) is 13.6. The maximum atomic E-state index is 14.1. The zero-order valence-electron chi connectivity index (χ0n) is 33.1. The first-order valence-electron chi connectivity index (χ1n) is 19.4. The van der Waals surface area contributed by atoms with E-state index in [0.717, 1.165) is 22.8 Å². The van der Waals surface area contributed by atoms with Gasteiger partial charge in [0.1, 0.15) is 18.7 Å². The summed E-state index contributed by atoms with van der Waals surface area (Å²) in [4.78, 5) is 56.4. The number of unbranched alkanes of at least 4 members (excludes halogenated alkanes) is 1. The Morgan fingerprint density at radius 3 is 2.06 bits per heavy atom. The summed E-state index contributed by atoms with van der Waals surface area (Å²) >= 11 is 0. The molecule has 54 heavy (non-hydrogen) atoms. The molecule has 3 aromatic rings. The third kappa shape index (κ3) is 13.7. The predicted molar refractivity (Wildman–Crippen MR) is 214 cm³/mol. The third-order valence-corrected chi connectivity index (χ3v) is 9.40. The average Bonchev–Trinajstić information content (AvgIpc) is 3.14. The molecule has 3 rings (SSSR count). The van der Waals surface area contributed by atoms with Gasteiger partial charge in [0, 0.05) is 17.8 Å². The average molecular weight is 747 g/mol. The molecule has 0 saturated heterocycles. The van der Waals surface area contributed by atoms with E-state index in [1.807, 2.05) is 101 Å². The minimum absolute atomic E-state index is 0.00777. The van der Waals surface area contributed by atoms with Crippen molar-refractivity contribution >= 4 is 40.3 Å². The number of amides is 4. The number of carbonyl (C=O) groups excluding carboxylic acids is 4. The molecule has 2 unspecified atom stereocenters. The minimum Gasteiger partial charge on any atom is -0.444 e. The van der Waals surface area contributed by atoms with Crippen molar-refractivity contribution in [1.29, 1.82) is 0 Å². The van der Waals surface area contributed by atoms with Crippen LogP contribution in [-0.4, -0.2) is 70.9 Å². The van der Waals surface area contributed by atoms with Crippen LogP contribution in [-0.2, 0) is 25.7 Å². The van der Waals surface area contributed by atoms with E-state index in [9.17, 15) is 29.4 Å². The van der Waals surface area contributed by atoms with Crippen molar-refractivity contribution < 1.29 is 34.1 Å². The van der Waals surface area contributed by atoms with E-state index >= 15 is 0 Å². The summed E-state index contributed by atoms with van der Waals surface area (Å²) in [7, 11) is 0. The van der Waals surface area contributed by atoms with Gasteiger partial charge in [-0.1, -0.05) is 114 Å². The zero-order valence-corrected chi connectivity index (χ0v) is 33.1. The molecule has 11 nitrogen and oxygen atoms in total. The molecule has 0 heterocycles. The van der Waals surface area contributed by atoms with Gasteiger partial charge in [0.05, 0.1) is 23.9 Å². The van der Waals surface area contributed by atoms with Gasteiger partial charge in [0.25, 0.3) is 0 Å². The van der Waals surface area contributed by atoms with E-state index in [1.165, 1.54) is 4.90 Å². The zero-order chi connectivity index (χ0) is 39.8. The van der Waals surface area contributed by atoms with Crippen LogP contribution in [0, 0.1) is 17.8 Å². The Morgan fingerprint density at radius 2 is 1.41 bits per heavy atom. The number of nitrogens with zero attached hydrogens (tertiary/aromatic N) is 1. The van der Waals surface area contributed by atoms with Crippen LogP contribution in [0.25, 0.3) is 10.8 Å². The number of rotatable bonds is 21. The van der Waals surface area contributed by atoms with Crippen molar-refractivity contribution in [2.24, 2.45) is 17.8 Å². The monoisotopic (exact) mass is 746 g/mol. The molecular weight excluding hydrogens is 684 g/mol. The number of hydrogen-bond acceptors (Lipinski definition) is 7. The van der Waals surface area contributed by atoms with Crippen molar-refractivity contribution in [2.45, 2.75) is 124 Å². The van der Waals surface area contributed by atoms with Gasteiger partial charge in [0.15, 0.2) is 0 Å². The highest BCUT2D eigenvalue weighted by molar-refractivity contribution is 6.05. The fourth-order valence-electron chi connectivity index (χ4n) is 6.49. The standard InChI is InChI=1S/C43H62N4O7/c1-8-9-21-36(42(52)46-37(23-28(2)3)39(49)25-34(24-30(6)48)41(51)44-26-29(4)5)45-40(50)31(7)47(43(53)54-27-32-16-11-10-12-17-32)38-22-15-19-33-18-13-14-20-35(33)38/h10-20,22,28-31,34,36-37,39,48-49H,8-9,21,23-27H2,1-7H3,(H,44,51)(H,45,50)(H,46,52)/t30?,31-,34?,36-,37-,39-/m0/s1. The molecular formula is C43H62N4O7. The van der Waals surface area contributed by atoms with Crippen LogP contribution in [0.2, 0.25) is 0 Å². The van der Waals surface area contributed by atoms with Gasteiger partial charge in [-0.05, 0) is 68.4 Å². The van der Waals surface area contributed by atoms with Crippen molar-refractivity contribution in [3.05, 3.63) is 78.4 Å². The fraction of sp³-hybridized carbons (Fsp3) is 0.535. The maximum Gasteiger partial charge on any atom is 0.415 e. The van der Waals surface area contributed by atoms with Gasteiger partial charge in [-0.15, -0.1) is 0 Å². The van der Waals surface area contributed by atoms with Gasteiger partial charge < -0.3 is 30.9 Å². The van der Waals surface area contributed by atoms with E-state index in [2.05, 4.69) is 16.0 Å². The van der Waals surface area contributed by atoms with Gasteiger partial charge in [-0.2, -0.15) is 0 Å². The number of fused-ring (bicyclic) bond motifs is 1. The van der Waals surface area contributed by atoms with Gasteiger partial charge in [-0.25, -0.2) is 4.79 Å². The number of nitrogens with one attached hydrogen (secondary N) is 3. The van der Waals surface area contributed by atoms with Crippen LogP contribution >= 0.6 is 0 Å². The van der Waals surface area contributed by atoms with Crippen LogP contribution in [0.5, 0.6) is 0 Å². The molecule has 6 atom stereocenters. The summed E-state index contributed by atoms with van der Waals surface area (Å²) in [5, 5.41) is 32.1. The van der Waals surface area contributed by atoms with Crippen molar-refractivity contribution in [3.8, 4) is 0 Å². The van der Waals surface area contributed by atoms with Crippen LogP contribution in [0.3, 0.4) is 0 Å². The van der Waals surface area contributed by atoms with Gasteiger partial charge in [0.2, 0.25) is 17.7 Å². The molecule has 0 fully saturated rings. The Labute approximate surface area is 321 Å². The van der Waals surface area contributed by atoms with E-state index in [1.54, 1.807) is 19.9 Å². The molecule has 0 spiro atoms. The Balaban J connectivity index is 1.86. The lowest BCUT2D eigenvalue weighted by molar-refractivity contribution is -0.131. The SMILES string of the molecule is CCCC[C@H](NC(=O)[C@H](C)N(C(=O)OCc1ccccc1)c1cccc2ccccc12)C(=O)N[C@@H](CC(C)C)[C@@H](O)CC(CC(C)O)C(=O)NCC(C)C. The first kappa shape index (κ1) is 43.9.